The van der Waals surface area contributed by atoms with E-state index in [0.29, 0.717) is 0 Å². The highest BCUT2D eigenvalue weighted by molar-refractivity contribution is 4.82. The molecule has 0 radical (unpaired) electrons. The summed E-state index contributed by atoms with van der Waals surface area (Å²) in [6, 6.07) is 0. The molecule has 0 amide bonds. The molecule has 0 heterocycles. The van der Waals surface area contributed by atoms with E-state index in [0.717, 1.165) is 30.6 Å². The van der Waals surface area contributed by atoms with Crippen molar-refractivity contribution in [3.63, 3.8) is 0 Å². The highest BCUT2D eigenvalue weighted by Crippen LogP contribution is 2.41. The van der Waals surface area contributed by atoms with Gasteiger partial charge < -0.3 is 5.11 Å². The van der Waals surface area contributed by atoms with E-state index >= 15 is 0 Å². The summed E-state index contributed by atoms with van der Waals surface area (Å²) < 4.78 is 0. The van der Waals surface area contributed by atoms with Crippen molar-refractivity contribution in [2.75, 3.05) is 0 Å². The minimum absolute atomic E-state index is 0.0195. The van der Waals surface area contributed by atoms with Gasteiger partial charge >= 0.3 is 0 Å². The van der Waals surface area contributed by atoms with E-state index in [2.05, 4.69) is 6.92 Å². The van der Waals surface area contributed by atoms with Crippen molar-refractivity contribution in [3.05, 3.63) is 0 Å². The van der Waals surface area contributed by atoms with Crippen LogP contribution in [0.2, 0.25) is 0 Å². The van der Waals surface area contributed by atoms with Crippen LogP contribution < -0.4 is 0 Å². The lowest BCUT2D eigenvalue weighted by atomic mass is 9.70. The molecule has 2 aliphatic carbocycles. The third-order valence-electron chi connectivity index (χ3n) is 5.46. The summed E-state index contributed by atoms with van der Waals surface area (Å²) in [5, 5.41) is 9.81. The molecule has 2 fully saturated rings. The van der Waals surface area contributed by atoms with Crippen molar-refractivity contribution < 1.29 is 5.11 Å². The quantitative estimate of drug-likeness (QED) is 0.688. The maximum absolute atomic E-state index is 9.81. The second-order valence-electron chi connectivity index (χ2n) is 6.86. The van der Waals surface area contributed by atoms with Crippen LogP contribution >= 0.6 is 0 Å². The van der Waals surface area contributed by atoms with Crippen LogP contribution in [0.15, 0.2) is 0 Å². The predicted molar refractivity (Wildman–Crippen MR) is 77.6 cm³/mol. The Morgan fingerprint density at radius 3 is 2.33 bits per heavy atom. The van der Waals surface area contributed by atoms with E-state index in [9.17, 15) is 5.11 Å². The van der Waals surface area contributed by atoms with Gasteiger partial charge in [0.1, 0.15) is 0 Å². The first kappa shape index (κ1) is 14.4. The van der Waals surface area contributed by atoms with E-state index in [4.69, 9.17) is 0 Å². The Kier molecular flexibility index (Phi) is 6.01. The van der Waals surface area contributed by atoms with Crippen LogP contribution in [0.1, 0.15) is 84.0 Å². The van der Waals surface area contributed by atoms with Crippen molar-refractivity contribution >= 4 is 0 Å². The van der Waals surface area contributed by atoms with Gasteiger partial charge in [-0.1, -0.05) is 51.9 Å². The van der Waals surface area contributed by atoms with Crippen LogP contribution in [0.25, 0.3) is 0 Å². The molecule has 2 rings (SSSR count). The van der Waals surface area contributed by atoms with Crippen LogP contribution in [-0.2, 0) is 0 Å². The minimum atomic E-state index is 0.0195. The first-order chi connectivity index (χ1) is 8.79. The first-order valence-corrected chi connectivity index (χ1v) is 8.47. The second-order valence-corrected chi connectivity index (χ2v) is 6.86. The van der Waals surface area contributed by atoms with Gasteiger partial charge in [0.2, 0.25) is 0 Å². The van der Waals surface area contributed by atoms with E-state index in [1.807, 2.05) is 0 Å². The zero-order valence-corrected chi connectivity index (χ0v) is 12.2. The molecule has 0 spiro atoms. The van der Waals surface area contributed by atoms with Gasteiger partial charge in [0.15, 0.2) is 0 Å². The molecule has 2 atom stereocenters. The van der Waals surface area contributed by atoms with Gasteiger partial charge in [0.25, 0.3) is 0 Å². The third kappa shape index (κ3) is 4.26. The van der Waals surface area contributed by atoms with Crippen molar-refractivity contribution in [1.29, 1.82) is 0 Å². The molecule has 2 aliphatic rings. The summed E-state index contributed by atoms with van der Waals surface area (Å²) >= 11 is 0. The van der Waals surface area contributed by atoms with Crippen molar-refractivity contribution in [2.45, 2.75) is 90.1 Å². The van der Waals surface area contributed by atoms with Crippen molar-refractivity contribution in [1.82, 2.24) is 0 Å². The SMILES string of the molecule is CCCCCC1CCC([C@@H]2CCC[C@@H](O)C2)CC1. The van der Waals surface area contributed by atoms with E-state index in [-0.39, 0.29) is 6.10 Å². The van der Waals surface area contributed by atoms with Crippen LogP contribution in [0.3, 0.4) is 0 Å². The van der Waals surface area contributed by atoms with Gasteiger partial charge in [-0.05, 0) is 49.9 Å². The predicted octanol–water partition coefficient (Wildman–Crippen LogP) is 4.92. The maximum Gasteiger partial charge on any atom is 0.0543 e. The highest BCUT2D eigenvalue weighted by Gasteiger charge is 2.30. The lowest BCUT2D eigenvalue weighted by Gasteiger charge is -2.37. The Balaban J connectivity index is 1.66. The Labute approximate surface area is 113 Å². The number of hydrogen-bond donors (Lipinski definition) is 1. The standard InChI is InChI=1S/C17H32O/c1-2-3-4-6-14-9-11-15(12-10-14)16-7-5-8-17(18)13-16/h14-18H,2-13H2,1H3/t14?,15?,16-,17-/m1/s1. The average Bonchev–Trinajstić information content (AvgIpc) is 2.40. The molecule has 0 bridgehead atoms. The molecule has 0 aliphatic heterocycles. The van der Waals surface area contributed by atoms with Gasteiger partial charge in [0, 0.05) is 0 Å². The summed E-state index contributed by atoms with van der Waals surface area (Å²) in [7, 11) is 0. The van der Waals surface area contributed by atoms with Gasteiger partial charge in [-0.25, -0.2) is 0 Å². The second kappa shape index (κ2) is 7.53. The highest BCUT2D eigenvalue weighted by atomic mass is 16.3. The number of aliphatic hydroxyl groups excluding tert-OH is 1. The number of rotatable bonds is 5. The van der Waals surface area contributed by atoms with Crippen molar-refractivity contribution in [2.24, 2.45) is 17.8 Å². The molecule has 1 N–H and O–H groups in total. The normalized spacial score (nSPS) is 37.7. The summed E-state index contributed by atoms with van der Waals surface area (Å²) in [4.78, 5) is 0. The molecule has 18 heavy (non-hydrogen) atoms. The smallest absolute Gasteiger partial charge is 0.0543 e. The third-order valence-corrected chi connectivity index (χ3v) is 5.46. The minimum Gasteiger partial charge on any atom is -0.393 e. The maximum atomic E-state index is 9.81. The molecule has 0 unspecified atom stereocenters. The molecule has 0 saturated heterocycles. The largest absolute Gasteiger partial charge is 0.393 e. The van der Waals surface area contributed by atoms with Crippen molar-refractivity contribution in [3.8, 4) is 0 Å². The number of hydrogen-bond acceptors (Lipinski definition) is 1. The zero-order valence-electron chi connectivity index (χ0n) is 12.2. The van der Waals surface area contributed by atoms with Crippen LogP contribution in [0, 0.1) is 17.8 Å². The van der Waals surface area contributed by atoms with E-state index in [1.165, 1.54) is 64.2 Å². The van der Waals surface area contributed by atoms with Crippen LogP contribution in [-0.4, -0.2) is 11.2 Å². The zero-order chi connectivity index (χ0) is 12.8. The van der Waals surface area contributed by atoms with E-state index < -0.39 is 0 Å². The fourth-order valence-electron chi connectivity index (χ4n) is 4.26. The fraction of sp³-hybridized carbons (Fsp3) is 1.00. The molecule has 1 heteroatoms. The van der Waals surface area contributed by atoms with Gasteiger partial charge in [-0.15, -0.1) is 0 Å². The molecular formula is C17H32O. The monoisotopic (exact) mass is 252 g/mol. The molecule has 1 nitrogen and oxygen atoms in total. The lowest BCUT2D eigenvalue weighted by Crippen LogP contribution is -2.28. The Hall–Kier alpha value is -0.0400. The molecule has 106 valence electrons. The summed E-state index contributed by atoms with van der Waals surface area (Å²) in [6.07, 6.45) is 16.4. The number of aliphatic hydroxyl groups is 1. The lowest BCUT2D eigenvalue weighted by molar-refractivity contribution is 0.0640. The first-order valence-electron chi connectivity index (χ1n) is 8.47. The van der Waals surface area contributed by atoms with Crippen LogP contribution in [0.4, 0.5) is 0 Å². The van der Waals surface area contributed by atoms with Gasteiger partial charge in [0.05, 0.1) is 6.10 Å². The Morgan fingerprint density at radius 2 is 1.67 bits per heavy atom. The number of unbranched alkanes of at least 4 members (excludes halogenated alkanes) is 2. The summed E-state index contributed by atoms with van der Waals surface area (Å²) in [5.41, 5.74) is 0. The van der Waals surface area contributed by atoms with Gasteiger partial charge in [-0.2, -0.15) is 0 Å². The molecule has 0 aromatic carbocycles. The van der Waals surface area contributed by atoms with Crippen LogP contribution in [0.5, 0.6) is 0 Å². The fourth-order valence-corrected chi connectivity index (χ4v) is 4.26. The molecular weight excluding hydrogens is 220 g/mol. The summed E-state index contributed by atoms with van der Waals surface area (Å²) in [6.45, 7) is 2.30. The Bertz CT molecular complexity index is 218. The van der Waals surface area contributed by atoms with E-state index in [1.54, 1.807) is 0 Å². The Morgan fingerprint density at radius 1 is 0.889 bits per heavy atom. The molecule has 2 saturated carbocycles. The summed E-state index contributed by atoms with van der Waals surface area (Å²) in [5.74, 6) is 2.83. The molecule has 0 aromatic rings. The van der Waals surface area contributed by atoms with Gasteiger partial charge in [-0.3, -0.25) is 0 Å². The topological polar surface area (TPSA) is 20.2 Å². The average molecular weight is 252 g/mol. The molecule has 0 aromatic heterocycles.